The highest BCUT2D eigenvalue weighted by Crippen LogP contribution is 2.17. The summed E-state index contributed by atoms with van der Waals surface area (Å²) in [7, 11) is 0. The molecular weight excluding hydrogens is 278 g/mol. The molecule has 5 heteroatoms. The normalized spacial score (nSPS) is 15.0. The summed E-state index contributed by atoms with van der Waals surface area (Å²) >= 11 is 0. The molecule has 1 aromatic heterocycles. The van der Waals surface area contributed by atoms with Crippen LogP contribution in [-0.2, 0) is 4.74 Å². The molecule has 0 aliphatic carbocycles. The summed E-state index contributed by atoms with van der Waals surface area (Å²) in [6, 6.07) is 2.12. The molecule has 1 amide bonds. The van der Waals surface area contributed by atoms with E-state index in [0.717, 1.165) is 24.3 Å². The lowest BCUT2D eigenvalue weighted by molar-refractivity contribution is 0.0240. The van der Waals surface area contributed by atoms with E-state index in [1.54, 1.807) is 4.90 Å². The number of hydrogen-bond donors (Lipinski definition) is 0. The zero-order valence-electron chi connectivity index (χ0n) is 14.7. The average Bonchev–Trinajstić information content (AvgIpc) is 2.48. The fourth-order valence-corrected chi connectivity index (χ4v) is 2.19. The average molecular weight is 307 g/mol. The topological polar surface area (TPSA) is 45.7 Å². The van der Waals surface area contributed by atoms with Crippen LogP contribution in [-0.4, -0.2) is 47.8 Å². The van der Waals surface area contributed by atoms with Crippen LogP contribution in [0.2, 0.25) is 0 Å². The van der Waals surface area contributed by atoms with E-state index in [1.165, 1.54) is 0 Å². The van der Waals surface area contributed by atoms with Crippen LogP contribution in [0.1, 0.15) is 40.2 Å². The quantitative estimate of drug-likeness (QED) is 0.797. The molecule has 1 aromatic rings. The lowest BCUT2D eigenvalue weighted by Crippen LogP contribution is -2.50. The van der Waals surface area contributed by atoms with Gasteiger partial charge >= 0.3 is 6.09 Å². The van der Waals surface area contributed by atoms with Gasteiger partial charge in [0.15, 0.2) is 0 Å². The number of amides is 1. The summed E-state index contributed by atoms with van der Waals surface area (Å²) in [6.45, 7) is 14.7. The number of carbonyl (C=O) groups excluding carboxylic acids is 1. The molecule has 0 spiro atoms. The van der Waals surface area contributed by atoms with Crippen molar-refractivity contribution >= 4 is 11.8 Å². The monoisotopic (exact) mass is 307 g/mol. The largest absolute Gasteiger partial charge is 0.444 e. The van der Waals surface area contributed by atoms with Crippen molar-refractivity contribution in [3.8, 4) is 0 Å². The Bertz CT molecular complexity index is 475. The van der Waals surface area contributed by atoms with Gasteiger partial charge in [0.05, 0.1) is 11.9 Å². The second-order valence-corrected chi connectivity index (χ2v) is 6.17. The number of nitrogens with zero attached hydrogens (tertiary/aromatic N) is 3. The Morgan fingerprint density at radius 3 is 2.23 bits per heavy atom. The molecule has 124 valence electrons. The van der Waals surface area contributed by atoms with E-state index >= 15 is 0 Å². The fourth-order valence-electron chi connectivity index (χ4n) is 2.19. The number of aryl methyl sites for hydroxylation is 1. The van der Waals surface area contributed by atoms with Gasteiger partial charge in [0, 0.05) is 32.4 Å². The molecule has 5 nitrogen and oxygen atoms in total. The van der Waals surface area contributed by atoms with Gasteiger partial charge in [-0.25, -0.2) is 4.79 Å². The third-order valence-corrected chi connectivity index (χ3v) is 3.16. The summed E-state index contributed by atoms with van der Waals surface area (Å²) in [5.41, 5.74) is 1.83. The second kappa shape index (κ2) is 8.01. The van der Waals surface area contributed by atoms with E-state index in [2.05, 4.69) is 16.0 Å². The highest BCUT2D eigenvalue weighted by Gasteiger charge is 2.25. The third-order valence-electron chi connectivity index (χ3n) is 3.16. The number of aromatic nitrogens is 1. The van der Waals surface area contributed by atoms with Gasteiger partial charge in [0.25, 0.3) is 0 Å². The first-order valence-electron chi connectivity index (χ1n) is 8.00. The summed E-state index contributed by atoms with van der Waals surface area (Å²) in [4.78, 5) is 20.2. The number of hydrogen-bond acceptors (Lipinski definition) is 4. The van der Waals surface area contributed by atoms with Gasteiger partial charge in [0.2, 0.25) is 0 Å². The number of carbonyl (C=O) groups is 1. The second-order valence-electron chi connectivity index (χ2n) is 6.17. The minimum Gasteiger partial charge on any atom is -0.444 e. The van der Waals surface area contributed by atoms with Crippen LogP contribution in [0.25, 0.3) is 0 Å². The zero-order chi connectivity index (χ0) is 16.8. The highest BCUT2D eigenvalue weighted by molar-refractivity contribution is 5.68. The summed E-state index contributed by atoms with van der Waals surface area (Å²) in [5.74, 6) is 0. The molecule has 1 saturated heterocycles. The van der Waals surface area contributed by atoms with Gasteiger partial charge in [-0.3, -0.25) is 4.98 Å². The maximum atomic E-state index is 12.0. The molecule has 0 aromatic carbocycles. The van der Waals surface area contributed by atoms with Crippen molar-refractivity contribution in [2.75, 3.05) is 31.1 Å². The van der Waals surface area contributed by atoms with Crippen molar-refractivity contribution < 1.29 is 9.53 Å². The standard InChI is InChI=1S/C15H23N3O2.C2H6/c1-12-9-13(11-16-10-12)17-5-7-18(8-6-17)14(19)20-15(2,3)4;1-2/h9-11H,5-8H2,1-4H3;1-2H3. The first kappa shape index (κ1) is 18.3. The fraction of sp³-hybridized carbons (Fsp3) is 0.647. The molecule has 0 radical (unpaired) electrons. The Morgan fingerprint density at radius 2 is 1.73 bits per heavy atom. The van der Waals surface area contributed by atoms with Crippen LogP contribution >= 0.6 is 0 Å². The highest BCUT2D eigenvalue weighted by atomic mass is 16.6. The lowest BCUT2D eigenvalue weighted by Gasteiger charge is -2.36. The molecule has 22 heavy (non-hydrogen) atoms. The lowest BCUT2D eigenvalue weighted by atomic mass is 10.2. The van der Waals surface area contributed by atoms with E-state index in [-0.39, 0.29) is 6.09 Å². The maximum absolute atomic E-state index is 12.0. The molecule has 1 aliphatic rings. The number of pyridine rings is 1. The number of piperazine rings is 1. The van der Waals surface area contributed by atoms with Gasteiger partial charge in [-0.05, 0) is 39.3 Å². The van der Waals surface area contributed by atoms with Crippen molar-refractivity contribution in [1.82, 2.24) is 9.88 Å². The van der Waals surface area contributed by atoms with Crippen LogP contribution < -0.4 is 4.90 Å². The van der Waals surface area contributed by atoms with E-state index in [1.807, 2.05) is 53.9 Å². The van der Waals surface area contributed by atoms with Gasteiger partial charge in [0.1, 0.15) is 5.60 Å². The van der Waals surface area contributed by atoms with Crippen molar-refractivity contribution in [2.24, 2.45) is 0 Å². The van der Waals surface area contributed by atoms with E-state index in [9.17, 15) is 4.79 Å². The van der Waals surface area contributed by atoms with E-state index in [4.69, 9.17) is 4.74 Å². The zero-order valence-corrected chi connectivity index (χ0v) is 14.7. The molecule has 0 saturated carbocycles. The van der Waals surface area contributed by atoms with Crippen LogP contribution in [0.4, 0.5) is 10.5 Å². The first-order chi connectivity index (χ1) is 10.3. The van der Waals surface area contributed by atoms with Crippen LogP contribution in [0, 0.1) is 6.92 Å². The SMILES string of the molecule is CC.Cc1cncc(N2CCN(C(=O)OC(C)(C)C)CC2)c1. The minimum atomic E-state index is -0.436. The van der Waals surface area contributed by atoms with Crippen molar-refractivity contribution in [1.29, 1.82) is 0 Å². The molecule has 1 aliphatic heterocycles. The summed E-state index contributed by atoms with van der Waals surface area (Å²) < 4.78 is 5.39. The molecule has 0 unspecified atom stereocenters. The molecule has 2 rings (SSSR count). The number of ether oxygens (including phenoxy) is 1. The molecule has 0 atom stereocenters. The Labute approximate surface area is 134 Å². The predicted octanol–water partition coefficient (Wildman–Crippen LogP) is 3.47. The van der Waals surface area contributed by atoms with Gasteiger partial charge in [-0.2, -0.15) is 0 Å². The first-order valence-corrected chi connectivity index (χ1v) is 8.00. The van der Waals surface area contributed by atoms with E-state index in [0.29, 0.717) is 13.1 Å². The van der Waals surface area contributed by atoms with Crippen LogP contribution in [0.5, 0.6) is 0 Å². The Hall–Kier alpha value is -1.78. The van der Waals surface area contributed by atoms with Crippen molar-refractivity contribution in [3.05, 3.63) is 24.0 Å². The molecular formula is C17H29N3O2. The number of anilines is 1. The van der Waals surface area contributed by atoms with Gasteiger partial charge < -0.3 is 14.5 Å². The Kier molecular flexibility index (Phi) is 6.65. The molecule has 2 heterocycles. The molecule has 0 bridgehead atoms. The van der Waals surface area contributed by atoms with Crippen LogP contribution in [0.3, 0.4) is 0 Å². The van der Waals surface area contributed by atoms with Crippen molar-refractivity contribution in [2.45, 2.75) is 47.1 Å². The summed E-state index contributed by atoms with van der Waals surface area (Å²) in [6.07, 6.45) is 3.50. The molecule has 0 N–H and O–H groups in total. The van der Waals surface area contributed by atoms with E-state index < -0.39 is 5.60 Å². The van der Waals surface area contributed by atoms with Gasteiger partial charge in [-0.15, -0.1) is 0 Å². The van der Waals surface area contributed by atoms with Gasteiger partial charge in [-0.1, -0.05) is 13.8 Å². The van der Waals surface area contributed by atoms with Crippen LogP contribution in [0.15, 0.2) is 18.5 Å². The molecule has 1 fully saturated rings. The minimum absolute atomic E-state index is 0.223. The van der Waals surface area contributed by atoms with Crippen molar-refractivity contribution in [3.63, 3.8) is 0 Å². The Morgan fingerprint density at radius 1 is 1.14 bits per heavy atom. The third kappa shape index (κ3) is 5.54. The predicted molar refractivity (Wildman–Crippen MR) is 90.3 cm³/mol. The maximum Gasteiger partial charge on any atom is 0.410 e. The smallest absolute Gasteiger partial charge is 0.410 e. The Balaban J connectivity index is 0.00000116. The summed E-state index contributed by atoms with van der Waals surface area (Å²) in [5, 5.41) is 0. The number of rotatable bonds is 1.